The van der Waals surface area contributed by atoms with Crippen molar-refractivity contribution < 1.29 is 4.74 Å². The van der Waals surface area contributed by atoms with Crippen LogP contribution >= 0.6 is 39.1 Å². The number of fused-ring (bicyclic) bond motifs is 1. The highest BCUT2D eigenvalue weighted by Gasteiger charge is 2.09. The Morgan fingerprint density at radius 1 is 0.857 bits per heavy atom. The standard InChI is InChI=1S/C17H11BrCl2O/c18-10-11-9-12(19)5-7-16(11)21-17-8-6-15(20)13-3-1-2-4-14(13)17/h1-9H,10H2. The van der Waals surface area contributed by atoms with E-state index in [0.29, 0.717) is 10.4 Å². The Bertz CT molecular complexity index is 802. The molecular weight excluding hydrogens is 371 g/mol. The van der Waals surface area contributed by atoms with Crippen LogP contribution in [-0.2, 0) is 5.33 Å². The van der Waals surface area contributed by atoms with Crippen LogP contribution in [0.3, 0.4) is 0 Å². The predicted molar refractivity (Wildman–Crippen MR) is 93.1 cm³/mol. The summed E-state index contributed by atoms with van der Waals surface area (Å²) in [5.74, 6) is 1.56. The fourth-order valence-corrected chi connectivity index (χ4v) is 3.05. The molecule has 0 aliphatic rings. The molecule has 0 radical (unpaired) electrons. The smallest absolute Gasteiger partial charge is 0.135 e. The molecule has 21 heavy (non-hydrogen) atoms. The van der Waals surface area contributed by atoms with E-state index in [2.05, 4.69) is 15.9 Å². The lowest BCUT2D eigenvalue weighted by atomic mass is 10.1. The van der Waals surface area contributed by atoms with Gasteiger partial charge in [-0.3, -0.25) is 0 Å². The molecule has 0 aromatic heterocycles. The van der Waals surface area contributed by atoms with Gasteiger partial charge in [-0.05, 0) is 30.3 Å². The summed E-state index contributed by atoms with van der Waals surface area (Å²) >= 11 is 15.7. The second-order valence-electron chi connectivity index (χ2n) is 4.58. The summed E-state index contributed by atoms with van der Waals surface area (Å²) in [6, 6.07) is 17.2. The maximum absolute atomic E-state index is 6.23. The third-order valence-electron chi connectivity index (χ3n) is 3.22. The van der Waals surface area contributed by atoms with Crippen molar-refractivity contribution in [1.82, 2.24) is 0 Å². The molecule has 3 rings (SSSR count). The Kier molecular flexibility index (Phi) is 4.39. The van der Waals surface area contributed by atoms with Gasteiger partial charge in [-0.25, -0.2) is 0 Å². The van der Waals surface area contributed by atoms with Crippen molar-refractivity contribution >= 4 is 49.9 Å². The molecule has 0 aliphatic heterocycles. The Labute approximate surface area is 141 Å². The Balaban J connectivity index is 2.09. The largest absolute Gasteiger partial charge is 0.456 e. The number of hydrogen-bond acceptors (Lipinski definition) is 1. The molecule has 0 aliphatic carbocycles. The van der Waals surface area contributed by atoms with Crippen molar-refractivity contribution in [3.8, 4) is 11.5 Å². The molecule has 0 saturated carbocycles. The molecule has 0 amide bonds. The van der Waals surface area contributed by atoms with E-state index in [1.54, 1.807) is 0 Å². The first-order valence-electron chi connectivity index (χ1n) is 6.38. The first-order valence-corrected chi connectivity index (χ1v) is 8.26. The monoisotopic (exact) mass is 380 g/mol. The van der Waals surface area contributed by atoms with Crippen LogP contribution < -0.4 is 4.74 Å². The van der Waals surface area contributed by atoms with E-state index in [4.69, 9.17) is 27.9 Å². The molecule has 0 spiro atoms. The van der Waals surface area contributed by atoms with E-state index in [9.17, 15) is 0 Å². The van der Waals surface area contributed by atoms with Crippen molar-refractivity contribution in [3.05, 3.63) is 70.2 Å². The van der Waals surface area contributed by atoms with Crippen LogP contribution in [0.4, 0.5) is 0 Å². The summed E-state index contributed by atoms with van der Waals surface area (Å²) in [5.41, 5.74) is 1.00. The van der Waals surface area contributed by atoms with Gasteiger partial charge in [-0.1, -0.05) is 63.4 Å². The molecule has 106 valence electrons. The molecule has 0 N–H and O–H groups in total. The van der Waals surface area contributed by atoms with E-state index in [1.165, 1.54) is 0 Å². The number of ether oxygens (including phenoxy) is 1. The van der Waals surface area contributed by atoms with Gasteiger partial charge in [0.15, 0.2) is 0 Å². The van der Waals surface area contributed by atoms with Crippen molar-refractivity contribution in [2.24, 2.45) is 0 Å². The predicted octanol–water partition coefficient (Wildman–Crippen LogP) is 6.83. The minimum atomic E-state index is 0.675. The number of halogens is 3. The highest BCUT2D eigenvalue weighted by molar-refractivity contribution is 9.08. The summed E-state index contributed by atoms with van der Waals surface area (Å²) in [6.07, 6.45) is 0. The van der Waals surface area contributed by atoms with Gasteiger partial charge in [0.25, 0.3) is 0 Å². The first kappa shape index (κ1) is 14.7. The lowest BCUT2D eigenvalue weighted by molar-refractivity contribution is 0.484. The molecular formula is C17H11BrCl2O. The SMILES string of the molecule is Clc1ccc(Oc2ccc(Cl)c3ccccc23)c(CBr)c1. The second kappa shape index (κ2) is 6.27. The molecule has 0 atom stereocenters. The lowest BCUT2D eigenvalue weighted by Gasteiger charge is -2.13. The first-order chi connectivity index (χ1) is 10.2. The van der Waals surface area contributed by atoms with Crippen LogP contribution in [0.25, 0.3) is 10.8 Å². The zero-order valence-electron chi connectivity index (χ0n) is 10.9. The zero-order chi connectivity index (χ0) is 14.8. The van der Waals surface area contributed by atoms with E-state index >= 15 is 0 Å². The van der Waals surface area contributed by atoms with Crippen molar-refractivity contribution in [3.63, 3.8) is 0 Å². The van der Waals surface area contributed by atoms with Crippen LogP contribution in [0.15, 0.2) is 54.6 Å². The van der Waals surface area contributed by atoms with Crippen LogP contribution in [0, 0.1) is 0 Å². The van der Waals surface area contributed by atoms with E-state index in [1.807, 2.05) is 54.6 Å². The molecule has 4 heteroatoms. The lowest BCUT2D eigenvalue weighted by Crippen LogP contribution is -1.91. The quantitative estimate of drug-likeness (QED) is 0.451. The van der Waals surface area contributed by atoms with E-state index < -0.39 is 0 Å². The fraction of sp³-hybridized carbons (Fsp3) is 0.0588. The van der Waals surface area contributed by atoms with Crippen LogP contribution in [0.5, 0.6) is 11.5 Å². The number of rotatable bonds is 3. The van der Waals surface area contributed by atoms with Gasteiger partial charge in [-0.2, -0.15) is 0 Å². The van der Waals surface area contributed by atoms with Gasteiger partial charge in [0.2, 0.25) is 0 Å². The second-order valence-corrected chi connectivity index (χ2v) is 5.98. The molecule has 3 aromatic carbocycles. The van der Waals surface area contributed by atoms with Gasteiger partial charge in [0.05, 0.1) is 0 Å². The highest BCUT2D eigenvalue weighted by atomic mass is 79.9. The Morgan fingerprint density at radius 3 is 2.33 bits per heavy atom. The third-order valence-corrected chi connectivity index (χ3v) is 4.39. The van der Waals surface area contributed by atoms with E-state index in [0.717, 1.165) is 32.9 Å². The number of benzene rings is 3. The summed E-state index contributed by atoms with van der Waals surface area (Å²) in [4.78, 5) is 0. The zero-order valence-corrected chi connectivity index (χ0v) is 14.0. The van der Waals surface area contributed by atoms with Gasteiger partial charge in [-0.15, -0.1) is 0 Å². The van der Waals surface area contributed by atoms with E-state index in [-0.39, 0.29) is 0 Å². The molecule has 0 heterocycles. The summed E-state index contributed by atoms with van der Waals surface area (Å²) in [7, 11) is 0. The average molecular weight is 382 g/mol. The molecule has 3 aromatic rings. The normalized spacial score (nSPS) is 10.8. The minimum Gasteiger partial charge on any atom is -0.456 e. The third kappa shape index (κ3) is 3.03. The van der Waals surface area contributed by atoms with Crippen molar-refractivity contribution in [2.45, 2.75) is 5.33 Å². The van der Waals surface area contributed by atoms with Gasteiger partial charge in [0, 0.05) is 31.7 Å². The molecule has 0 bridgehead atoms. The summed E-state index contributed by atoms with van der Waals surface area (Å²) in [5, 5.41) is 4.05. The van der Waals surface area contributed by atoms with Crippen LogP contribution in [0.2, 0.25) is 10.0 Å². The van der Waals surface area contributed by atoms with Gasteiger partial charge in [0.1, 0.15) is 11.5 Å². The Morgan fingerprint density at radius 2 is 1.57 bits per heavy atom. The maximum atomic E-state index is 6.23. The van der Waals surface area contributed by atoms with Crippen molar-refractivity contribution in [1.29, 1.82) is 0 Å². The van der Waals surface area contributed by atoms with Crippen LogP contribution in [-0.4, -0.2) is 0 Å². The summed E-state index contributed by atoms with van der Waals surface area (Å²) in [6.45, 7) is 0. The molecule has 0 fully saturated rings. The number of hydrogen-bond donors (Lipinski definition) is 0. The number of alkyl halides is 1. The molecule has 0 saturated heterocycles. The van der Waals surface area contributed by atoms with Gasteiger partial charge < -0.3 is 4.74 Å². The average Bonchev–Trinajstić information content (AvgIpc) is 2.52. The minimum absolute atomic E-state index is 0.675. The Hall–Kier alpha value is -1.22. The fourth-order valence-electron chi connectivity index (χ4n) is 2.19. The summed E-state index contributed by atoms with van der Waals surface area (Å²) < 4.78 is 6.08. The molecule has 0 unspecified atom stereocenters. The molecule has 1 nitrogen and oxygen atoms in total. The van der Waals surface area contributed by atoms with Crippen LogP contribution in [0.1, 0.15) is 5.56 Å². The van der Waals surface area contributed by atoms with Crippen molar-refractivity contribution in [2.75, 3.05) is 0 Å². The highest BCUT2D eigenvalue weighted by Crippen LogP contribution is 2.36. The maximum Gasteiger partial charge on any atom is 0.135 e. The topological polar surface area (TPSA) is 9.23 Å². The van der Waals surface area contributed by atoms with Gasteiger partial charge >= 0.3 is 0 Å².